The van der Waals surface area contributed by atoms with Gasteiger partial charge < -0.3 is 15.1 Å². The lowest BCUT2D eigenvalue weighted by atomic mass is 10.3. The largest absolute Gasteiger partial charge is 0.342 e. The van der Waals surface area contributed by atoms with Gasteiger partial charge in [0.1, 0.15) is 5.82 Å². The molecule has 1 heterocycles. The Kier molecular flexibility index (Phi) is 7.19. The Morgan fingerprint density at radius 3 is 2.40 bits per heavy atom. The van der Waals surface area contributed by atoms with Crippen molar-refractivity contribution < 1.29 is 14.0 Å². The van der Waals surface area contributed by atoms with Gasteiger partial charge in [0.2, 0.25) is 5.91 Å². The van der Waals surface area contributed by atoms with E-state index in [0.29, 0.717) is 56.0 Å². The minimum absolute atomic E-state index is 0.123. The van der Waals surface area contributed by atoms with Crippen molar-refractivity contribution in [2.24, 2.45) is 0 Å². The molecule has 8 heteroatoms. The maximum absolute atomic E-state index is 13.1. The molecular weight excluding hydrogens is 391 g/mol. The molecule has 0 spiro atoms. The fourth-order valence-corrected chi connectivity index (χ4v) is 3.21. The molecule has 3 amide bonds. The van der Waals surface area contributed by atoms with Gasteiger partial charge in [-0.1, -0.05) is 0 Å². The molecule has 1 aliphatic heterocycles. The molecule has 0 saturated carbocycles. The zero-order valence-corrected chi connectivity index (χ0v) is 16.2. The quantitative estimate of drug-likeness (QED) is 0.805. The van der Waals surface area contributed by atoms with Crippen molar-refractivity contribution in [3.05, 3.63) is 28.5 Å². The van der Waals surface area contributed by atoms with E-state index in [1.165, 1.54) is 18.2 Å². The predicted octanol–water partition coefficient (Wildman–Crippen LogP) is 2.61. The molecule has 0 aromatic heterocycles. The first-order valence-corrected chi connectivity index (χ1v) is 9.25. The SMILES string of the molecule is CCN(CC)C(=O)CN1CCN(C(=O)Nc2ccc(F)cc2Br)CC1. The van der Waals surface area contributed by atoms with Crippen LogP contribution < -0.4 is 5.32 Å². The Labute approximate surface area is 156 Å². The summed E-state index contributed by atoms with van der Waals surface area (Å²) in [4.78, 5) is 30.1. The molecule has 1 fully saturated rings. The molecule has 2 rings (SSSR count). The van der Waals surface area contributed by atoms with Gasteiger partial charge in [-0.15, -0.1) is 0 Å². The Morgan fingerprint density at radius 1 is 1.20 bits per heavy atom. The fraction of sp³-hybridized carbons (Fsp3) is 0.529. The molecule has 1 aromatic rings. The molecule has 1 N–H and O–H groups in total. The van der Waals surface area contributed by atoms with Crippen LogP contribution in [-0.2, 0) is 4.79 Å². The topological polar surface area (TPSA) is 55.9 Å². The number of halogens is 2. The molecule has 1 aliphatic rings. The van der Waals surface area contributed by atoms with Crippen molar-refractivity contribution >= 4 is 33.6 Å². The smallest absolute Gasteiger partial charge is 0.321 e. The third-order valence-corrected chi connectivity index (χ3v) is 4.96. The summed E-state index contributed by atoms with van der Waals surface area (Å²) >= 11 is 3.24. The summed E-state index contributed by atoms with van der Waals surface area (Å²) < 4.78 is 13.6. The maximum atomic E-state index is 13.1. The number of piperazine rings is 1. The van der Waals surface area contributed by atoms with Crippen LogP contribution in [0.5, 0.6) is 0 Å². The van der Waals surface area contributed by atoms with Gasteiger partial charge in [-0.3, -0.25) is 9.69 Å². The Balaban J connectivity index is 1.83. The number of likely N-dealkylation sites (N-methyl/N-ethyl adjacent to an activating group) is 1. The number of anilines is 1. The van der Waals surface area contributed by atoms with Crippen LogP contribution >= 0.6 is 15.9 Å². The molecule has 0 atom stereocenters. The highest BCUT2D eigenvalue weighted by Crippen LogP contribution is 2.23. The van der Waals surface area contributed by atoms with Crippen molar-refractivity contribution in [2.45, 2.75) is 13.8 Å². The third-order valence-electron chi connectivity index (χ3n) is 4.31. The van der Waals surface area contributed by atoms with Crippen molar-refractivity contribution in [3.63, 3.8) is 0 Å². The van der Waals surface area contributed by atoms with Crippen LogP contribution in [0.3, 0.4) is 0 Å². The Morgan fingerprint density at radius 2 is 1.84 bits per heavy atom. The first-order valence-electron chi connectivity index (χ1n) is 8.45. The Bertz CT molecular complexity index is 617. The van der Waals surface area contributed by atoms with E-state index in [4.69, 9.17) is 0 Å². The lowest BCUT2D eigenvalue weighted by Crippen LogP contribution is -2.52. The first kappa shape index (κ1) is 19.7. The van der Waals surface area contributed by atoms with Gasteiger partial charge in [0.05, 0.1) is 12.2 Å². The van der Waals surface area contributed by atoms with Gasteiger partial charge in [0, 0.05) is 43.7 Å². The third kappa shape index (κ3) is 5.40. The van der Waals surface area contributed by atoms with Crippen molar-refractivity contribution in [1.29, 1.82) is 0 Å². The number of carbonyl (C=O) groups is 2. The highest BCUT2D eigenvalue weighted by Gasteiger charge is 2.24. The summed E-state index contributed by atoms with van der Waals surface area (Å²) in [7, 11) is 0. The molecule has 0 bridgehead atoms. The van der Waals surface area contributed by atoms with Gasteiger partial charge in [-0.05, 0) is 48.0 Å². The molecule has 1 saturated heterocycles. The molecule has 0 unspecified atom stereocenters. The number of hydrogen-bond donors (Lipinski definition) is 1. The normalized spacial score (nSPS) is 15.1. The Hall–Kier alpha value is -1.67. The molecule has 138 valence electrons. The van der Waals surface area contributed by atoms with Crippen LogP contribution in [0, 0.1) is 5.82 Å². The minimum Gasteiger partial charge on any atom is -0.342 e. The van der Waals surface area contributed by atoms with E-state index >= 15 is 0 Å². The number of rotatable bonds is 5. The molecule has 1 aromatic carbocycles. The summed E-state index contributed by atoms with van der Waals surface area (Å²) in [5.41, 5.74) is 0.533. The van der Waals surface area contributed by atoms with Gasteiger partial charge in [0.25, 0.3) is 0 Å². The fourth-order valence-electron chi connectivity index (χ4n) is 2.76. The van der Waals surface area contributed by atoms with Gasteiger partial charge >= 0.3 is 6.03 Å². The molecule has 0 radical (unpaired) electrons. The number of urea groups is 1. The van der Waals surface area contributed by atoms with Crippen molar-refractivity contribution in [2.75, 3.05) is 51.1 Å². The standard InChI is InChI=1S/C17H24BrFN4O2/c1-3-22(4-2)16(24)12-21-7-9-23(10-8-21)17(25)20-15-6-5-13(19)11-14(15)18/h5-6,11H,3-4,7-10,12H2,1-2H3,(H,20,25). The van der Waals surface area contributed by atoms with Crippen LogP contribution in [0.15, 0.2) is 22.7 Å². The summed E-state index contributed by atoms with van der Waals surface area (Å²) in [5, 5.41) is 2.78. The minimum atomic E-state index is -0.364. The number of benzene rings is 1. The summed E-state index contributed by atoms with van der Waals surface area (Å²) in [5.74, 6) is -0.241. The average Bonchev–Trinajstić information content (AvgIpc) is 2.59. The molecular formula is C17H24BrFN4O2. The average molecular weight is 415 g/mol. The van der Waals surface area contributed by atoms with Crippen molar-refractivity contribution in [3.8, 4) is 0 Å². The summed E-state index contributed by atoms with van der Waals surface area (Å²) in [6, 6.07) is 3.92. The lowest BCUT2D eigenvalue weighted by Gasteiger charge is -2.35. The molecule has 25 heavy (non-hydrogen) atoms. The van der Waals surface area contributed by atoms with Gasteiger partial charge in [-0.25, -0.2) is 9.18 Å². The van der Waals surface area contributed by atoms with Gasteiger partial charge in [0.15, 0.2) is 0 Å². The van der Waals surface area contributed by atoms with E-state index in [0.717, 1.165) is 0 Å². The highest BCUT2D eigenvalue weighted by atomic mass is 79.9. The maximum Gasteiger partial charge on any atom is 0.321 e. The highest BCUT2D eigenvalue weighted by molar-refractivity contribution is 9.10. The second-order valence-electron chi connectivity index (χ2n) is 5.88. The van der Waals surface area contributed by atoms with E-state index in [-0.39, 0.29) is 17.8 Å². The number of amides is 3. The monoisotopic (exact) mass is 414 g/mol. The number of nitrogens with one attached hydrogen (secondary N) is 1. The lowest BCUT2D eigenvalue weighted by molar-refractivity contribution is -0.132. The van der Waals surface area contributed by atoms with E-state index in [9.17, 15) is 14.0 Å². The summed E-state index contributed by atoms with van der Waals surface area (Å²) in [6.45, 7) is 8.17. The molecule has 0 aliphatic carbocycles. The van der Waals surface area contributed by atoms with E-state index in [1.807, 2.05) is 18.7 Å². The summed E-state index contributed by atoms with van der Waals surface area (Å²) in [6.07, 6.45) is 0. The number of carbonyl (C=O) groups excluding carboxylic acids is 2. The van der Waals surface area contributed by atoms with Crippen LogP contribution in [0.4, 0.5) is 14.9 Å². The van der Waals surface area contributed by atoms with Gasteiger partial charge in [-0.2, -0.15) is 0 Å². The second-order valence-corrected chi connectivity index (χ2v) is 6.74. The number of hydrogen-bond acceptors (Lipinski definition) is 3. The zero-order valence-electron chi connectivity index (χ0n) is 14.6. The van der Waals surface area contributed by atoms with Crippen LogP contribution in [-0.4, -0.2) is 72.5 Å². The van der Waals surface area contributed by atoms with Crippen LogP contribution in [0.2, 0.25) is 0 Å². The predicted molar refractivity (Wildman–Crippen MR) is 99.1 cm³/mol. The zero-order chi connectivity index (χ0) is 18.4. The van der Waals surface area contributed by atoms with E-state index in [2.05, 4.69) is 26.1 Å². The van der Waals surface area contributed by atoms with Crippen LogP contribution in [0.1, 0.15) is 13.8 Å². The van der Waals surface area contributed by atoms with E-state index in [1.54, 1.807) is 4.90 Å². The molecule has 6 nitrogen and oxygen atoms in total. The first-order chi connectivity index (χ1) is 11.9. The second kappa shape index (κ2) is 9.15. The number of nitrogens with zero attached hydrogens (tertiary/aromatic N) is 3. The van der Waals surface area contributed by atoms with Crippen molar-refractivity contribution in [1.82, 2.24) is 14.7 Å². The van der Waals surface area contributed by atoms with Crippen LogP contribution in [0.25, 0.3) is 0 Å². The van der Waals surface area contributed by atoms with E-state index < -0.39 is 0 Å².